The topological polar surface area (TPSA) is 83.9 Å². The molecule has 1 aromatic heterocycles. The monoisotopic (exact) mass is 412 g/mol. The van der Waals surface area contributed by atoms with Gasteiger partial charge in [-0.25, -0.2) is 4.99 Å². The van der Waals surface area contributed by atoms with Gasteiger partial charge in [0.1, 0.15) is 5.75 Å². The zero-order valence-electron chi connectivity index (χ0n) is 16.9. The highest BCUT2D eigenvalue weighted by Crippen LogP contribution is 2.39. The Morgan fingerprint density at radius 2 is 1.90 bits per heavy atom. The van der Waals surface area contributed by atoms with Gasteiger partial charge >= 0.3 is 0 Å². The molecular formula is C24H20N4O3. The van der Waals surface area contributed by atoms with Gasteiger partial charge in [0.2, 0.25) is 6.17 Å². The van der Waals surface area contributed by atoms with Gasteiger partial charge in [0.15, 0.2) is 0 Å². The van der Waals surface area contributed by atoms with Crippen LogP contribution in [-0.2, 0) is 11.2 Å². The lowest BCUT2D eigenvalue weighted by molar-refractivity contribution is -0.120. The molecule has 31 heavy (non-hydrogen) atoms. The fraction of sp³-hybridized carbons (Fsp3) is 0.167. The number of anilines is 1. The number of benzene rings is 2. The van der Waals surface area contributed by atoms with Crippen molar-refractivity contribution >= 4 is 23.2 Å². The van der Waals surface area contributed by atoms with Crippen molar-refractivity contribution in [3.05, 3.63) is 89.2 Å². The first-order valence-corrected chi connectivity index (χ1v) is 10.0. The van der Waals surface area contributed by atoms with Gasteiger partial charge in [0.25, 0.3) is 11.8 Å². The van der Waals surface area contributed by atoms with Crippen molar-refractivity contribution in [3.63, 3.8) is 0 Å². The van der Waals surface area contributed by atoms with Crippen LogP contribution in [0.1, 0.15) is 27.0 Å². The third-order valence-electron chi connectivity index (χ3n) is 5.54. The van der Waals surface area contributed by atoms with E-state index in [0.29, 0.717) is 23.6 Å². The lowest BCUT2D eigenvalue weighted by Crippen LogP contribution is -2.46. The smallest absolute Gasteiger partial charge is 0.272 e. The summed E-state index contributed by atoms with van der Waals surface area (Å²) in [5.41, 5.74) is 4.63. The van der Waals surface area contributed by atoms with E-state index >= 15 is 0 Å². The van der Waals surface area contributed by atoms with Gasteiger partial charge in [0.05, 0.1) is 18.5 Å². The first-order chi connectivity index (χ1) is 15.2. The molecule has 0 saturated carbocycles. The van der Waals surface area contributed by atoms with E-state index < -0.39 is 6.17 Å². The van der Waals surface area contributed by atoms with Crippen molar-refractivity contribution in [1.82, 2.24) is 10.3 Å². The molecule has 2 aliphatic rings. The number of pyridine rings is 1. The van der Waals surface area contributed by atoms with Crippen LogP contribution in [0.3, 0.4) is 0 Å². The van der Waals surface area contributed by atoms with E-state index in [9.17, 15) is 9.59 Å². The van der Waals surface area contributed by atoms with Crippen LogP contribution in [0.2, 0.25) is 0 Å². The molecule has 2 aliphatic heterocycles. The Morgan fingerprint density at radius 1 is 1.13 bits per heavy atom. The van der Waals surface area contributed by atoms with Crippen molar-refractivity contribution in [1.29, 1.82) is 0 Å². The quantitative estimate of drug-likeness (QED) is 0.714. The van der Waals surface area contributed by atoms with E-state index in [2.05, 4.69) is 10.3 Å². The van der Waals surface area contributed by atoms with E-state index in [1.54, 1.807) is 24.1 Å². The highest BCUT2D eigenvalue weighted by molar-refractivity contribution is 6.21. The van der Waals surface area contributed by atoms with Gasteiger partial charge in [0, 0.05) is 35.6 Å². The summed E-state index contributed by atoms with van der Waals surface area (Å²) in [4.78, 5) is 36.6. The van der Waals surface area contributed by atoms with Crippen LogP contribution < -0.4 is 15.0 Å². The first-order valence-electron chi connectivity index (χ1n) is 10.0. The summed E-state index contributed by atoms with van der Waals surface area (Å²) in [6.45, 7) is 0.535. The number of amides is 2. The maximum Gasteiger partial charge on any atom is 0.272 e. The minimum atomic E-state index is -1.04. The molecule has 0 spiro atoms. The van der Waals surface area contributed by atoms with Crippen LogP contribution in [0.4, 0.5) is 5.69 Å². The molecule has 7 heteroatoms. The standard InChI is InChI=1S/C24H20N4O3/c1-31-18-13-17-9-12-28-21(17)19(14-18)20(15-5-3-2-4-6-15)26-22(24(28)30)27-23(29)16-7-10-25-11-8-16/h2-8,10-11,13-14,22H,9,12H2,1H3,(H,27,29). The maximum absolute atomic E-state index is 13.4. The summed E-state index contributed by atoms with van der Waals surface area (Å²) in [7, 11) is 1.63. The molecule has 154 valence electrons. The molecule has 2 aromatic carbocycles. The Labute approximate surface area is 179 Å². The minimum absolute atomic E-state index is 0.251. The molecule has 1 N–H and O–H groups in total. The molecular weight excluding hydrogens is 392 g/mol. The van der Waals surface area contributed by atoms with Gasteiger partial charge in [-0.15, -0.1) is 0 Å². The number of carbonyl (C=O) groups is 2. The molecule has 3 heterocycles. The third-order valence-corrected chi connectivity index (χ3v) is 5.54. The molecule has 0 bridgehead atoms. The molecule has 5 rings (SSSR count). The van der Waals surface area contributed by atoms with Gasteiger partial charge in [-0.05, 0) is 36.2 Å². The predicted molar refractivity (Wildman–Crippen MR) is 117 cm³/mol. The van der Waals surface area contributed by atoms with E-state index in [-0.39, 0.29) is 11.8 Å². The summed E-state index contributed by atoms with van der Waals surface area (Å²) < 4.78 is 5.51. The van der Waals surface area contributed by atoms with Crippen LogP contribution >= 0.6 is 0 Å². The lowest BCUT2D eigenvalue weighted by Gasteiger charge is -2.21. The summed E-state index contributed by atoms with van der Waals surface area (Å²) in [5, 5.41) is 2.80. The van der Waals surface area contributed by atoms with Gasteiger partial charge in [-0.3, -0.25) is 14.6 Å². The number of nitrogens with one attached hydrogen (secondary N) is 1. The van der Waals surface area contributed by atoms with Crippen molar-refractivity contribution in [2.24, 2.45) is 4.99 Å². The highest BCUT2D eigenvalue weighted by Gasteiger charge is 2.37. The Morgan fingerprint density at radius 3 is 2.65 bits per heavy atom. The van der Waals surface area contributed by atoms with Crippen LogP contribution in [0, 0.1) is 0 Å². The highest BCUT2D eigenvalue weighted by atomic mass is 16.5. The Bertz CT molecular complexity index is 1190. The number of nitrogens with zero attached hydrogens (tertiary/aromatic N) is 3. The average molecular weight is 412 g/mol. The van der Waals surface area contributed by atoms with E-state index in [1.165, 1.54) is 12.4 Å². The molecule has 7 nitrogen and oxygen atoms in total. The zero-order valence-corrected chi connectivity index (χ0v) is 16.9. The summed E-state index contributed by atoms with van der Waals surface area (Å²) in [5.74, 6) is 0.0873. The molecule has 1 atom stereocenters. The van der Waals surface area contributed by atoms with Crippen molar-refractivity contribution in [2.75, 3.05) is 18.6 Å². The largest absolute Gasteiger partial charge is 0.497 e. The normalized spacial score (nSPS) is 16.9. The third kappa shape index (κ3) is 3.34. The van der Waals surface area contributed by atoms with Crippen molar-refractivity contribution in [3.8, 4) is 5.75 Å². The van der Waals surface area contributed by atoms with Crippen LogP contribution in [0.15, 0.2) is 72.0 Å². The lowest BCUT2D eigenvalue weighted by atomic mass is 9.97. The van der Waals surface area contributed by atoms with E-state index in [0.717, 1.165) is 28.8 Å². The Hall–Kier alpha value is -4.00. The SMILES string of the molecule is COc1cc2c3c(c1)C(c1ccccc1)=NC(NC(=O)c1ccncc1)C(=O)N3CC2. The Balaban J connectivity index is 1.64. The molecule has 0 fully saturated rings. The van der Waals surface area contributed by atoms with Gasteiger partial charge < -0.3 is 15.0 Å². The number of aliphatic imine (C=N–C) groups is 1. The molecule has 0 radical (unpaired) electrons. The predicted octanol–water partition coefficient (Wildman–Crippen LogP) is 2.59. The fourth-order valence-electron chi connectivity index (χ4n) is 4.07. The molecule has 0 aliphatic carbocycles. The summed E-state index contributed by atoms with van der Waals surface area (Å²) >= 11 is 0. The van der Waals surface area contributed by atoms with E-state index in [4.69, 9.17) is 9.73 Å². The number of hydrogen-bond acceptors (Lipinski definition) is 5. The van der Waals surface area contributed by atoms with Crippen LogP contribution in [0.25, 0.3) is 0 Å². The molecule has 0 saturated heterocycles. The average Bonchev–Trinajstić information content (AvgIpc) is 3.21. The number of aromatic nitrogens is 1. The summed E-state index contributed by atoms with van der Waals surface area (Å²) in [6, 6.07) is 16.7. The number of hydrogen-bond donors (Lipinski definition) is 1. The second-order valence-electron chi connectivity index (χ2n) is 7.38. The van der Waals surface area contributed by atoms with Crippen LogP contribution in [-0.4, -0.2) is 42.3 Å². The number of rotatable bonds is 4. The Kier molecular flexibility index (Phi) is 4.71. The first kappa shape index (κ1) is 19.0. The maximum atomic E-state index is 13.4. The number of methoxy groups -OCH3 is 1. The van der Waals surface area contributed by atoms with Crippen molar-refractivity contribution in [2.45, 2.75) is 12.6 Å². The number of carbonyl (C=O) groups excluding carboxylic acids is 2. The van der Waals surface area contributed by atoms with Crippen molar-refractivity contribution < 1.29 is 14.3 Å². The van der Waals surface area contributed by atoms with E-state index in [1.807, 2.05) is 42.5 Å². The molecule has 1 unspecified atom stereocenters. The molecule has 2 amide bonds. The number of ether oxygens (including phenoxy) is 1. The van der Waals surface area contributed by atoms with Gasteiger partial charge in [-0.2, -0.15) is 0 Å². The fourth-order valence-corrected chi connectivity index (χ4v) is 4.07. The second-order valence-corrected chi connectivity index (χ2v) is 7.38. The summed E-state index contributed by atoms with van der Waals surface area (Å²) in [6.07, 6.45) is 2.76. The van der Waals surface area contributed by atoms with Crippen LogP contribution in [0.5, 0.6) is 5.75 Å². The second kappa shape index (κ2) is 7.68. The minimum Gasteiger partial charge on any atom is -0.497 e. The van der Waals surface area contributed by atoms with Gasteiger partial charge in [-0.1, -0.05) is 30.3 Å². The molecule has 3 aromatic rings. The zero-order chi connectivity index (χ0) is 21.4.